The SMILES string of the molecule is C=CCCOCCN=C(N)NC(C)c1ccc(Cl)cc1Cl.I. The van der Waals surface area contributed by atoms with Gasteiger partial charge in [0.05, 0.1) is 25.8 Å². The summed E-state index contributed by atoms with van der Waals surface area (Å²) >= 11 is 12.0. The Balaban J connectivity index is 0.00000441. The molecule has 0 radical (unpaired) electrons. The standard InChI is InChI=1S/C15H21Cl2N3O.HI/c1-3-4-8-21-9-7-19-15(18)20-11(2)13-6-5-12(16)10-14(13)17;/h3,5-6,10-11H,1,4,7-9H2,2H3,(H3,18,19,20);1H. The zero-order chi connectivity index (χ0) is 15.7. The Bertz CT molecular complexity index is 498. The van der Waals surface area contributed by atoms with Gasteiger partial charge in [-0.15, -0.1) is 30.6 Å². The number of hydrogen-bond acceptors (Lipinski definition) is 2. The first kappa shape index (κ1) is 21.5. The Morgan fingerprint density at radius 3 is 2.82 bits per heavy atom. The summed E-state index contributed by atoms with van der Waals surface area (Å²) < 4.78 is 5.35. The molecule has 0 amide bonds. The minimum absolute atomic E-state index is 0. The number of hydrogen-bond donors (Lipinski definition) is 2. The molecule has 0 aliphatic heterocycles. The molecule has 22 heavy (non-hydrogen) atoms. The monoisotopic (exact) mass is 457 g/mol. The first-order valence-corrected chi connectivity index (χ1v) is 7.50. The molecule has 1 aromatic rings. The zero-order valence-electron chi connectivity index (χ0n) is 12.5. The van der Waals surface area contributed by atoms with Crippen LogP contribution < -0.4 is 11.1 Å². The largest absolute Gasteiger partial charge is 0.379 e. The maximum atomic E-state index is 6.15. The lowest BCUT2D eigenvalue weighted by Crippen LogP contribution is -2.34. The lowest BCUT2D eigenvalue weighted by molar-refractivity contribution is 0.146. The predicted molar refractivity (Wildman–Crippen MR) is 106 cm³/mol. The minimum Gasteiger partial charge on any atom is -0.379 e. The summed E-state index contributed by atoms with van der Waals surface area (Å²) in [5.74, 6) is 0.362. The number of benzene rings is 1. The third-order valence-corrected chi connectivity index (χ3v) is 3.34. The molecule has 0 heterocycles. The number of rotatable bonds is 8. The molecule has 7 heteroatoms. The molecule has 3 N–H and O–H groups in total. The van der Waals surface area contributed by atoms with Crippen molar-refractivity contribution in [3.05, 3.63) is 46.5 Å². The van der Waals surface area contributed by atoms with E-state index in [1.54, 1.807) is 12.1 Å². The fourth-order valence-corrected chi connectivity index (χ4v) is 2.27. The molecule has 0 saturated heterocycles. The third-order valence-electron chi connectivity index (χ3n) is 2.78. The van der Waals surface area contributed by atoms with E-state index in [4.69, 9.17) is 33.7 Å². The normalized spacial score (nSPS) is 12.4. The van der Waals surface area contributed by atoms with Crippen LogP contribution in [0.3, 0.4) is 0 Å². The molecule has 4 nitrogen and oxygen atoms in total. The van der Waals surface area contributed by atoms with Crippen LogP contribution in [-0.2, 0) is 4.74 Å². The van der Waals surface area contributed by atoms with Crippen molar-refractivity contribution in [1.82, 2.24) is 5.32 Å². The maximum Gasteiger partial charge on any atom is 0.189 e. The van der Waals surface area contributed by atoms with Crippen molar-refractivity contribution >= 4 is 53.1 Å². The van der Waals surface area contributed by atoms with Crippen molar-refractivity contribution in [1.29, 1.82) is 0 Å². The molecule has 0 aliphatic rings. The summed E-state index contributed by atoms with van der Waals surface area (Å²) in [7, 11) is 0. The highest BCUT2D eigenvalue weighted by Crippen LogP contribution is 2.25. The van der Waals surface area contributed by atoms with E-state index in [1.807, 2.05) is 19.1 Å². The number of guanidine groups is 1. The third kappa shape index (κ3) is 8.22. The second-order valence-corrected chi connectivity index (χ2v) is 5.33. The van der Waals surface area contributed by atoms with Crippen LogP contribution in [-0.4, -0.2) is 25.7 Å². The molecule has 1 rings (SSSR count). The fraction of sp³-hybridized carbons (Fsp3) is 0.400. The second-order valence-electron chi connectivity index (χ2n) is 4.49. The Labute approximate surface area is 159 Å². The number of nitrogens with zero attached hydrogens (tertiary/aromatic N) is 1. The summed E-state index contributed by atoms with van der Waals surface area (Å²) in [5.41, 5.74) is 6.75. The van der Waals surface area contributed by atoms with Gasteiger partial charge >= 0.3 is 0 Å². The molecule has 124 valence electrons. The van der Waals surface area contributed by atoms with Crippen molar-refractivity contribution < 1.29 is 4.74 Å². The van der Waals surface area contributed by atoms with Crippen LogP contribution in [0.25, 0.3) is 0 Å². The number of aliphatic imine (C=N–C) groups is 1. The zero-order valence-corrected chi connectivity index (χ0v) is 16.4. The fourth-order valence-electron chi connectivity index (χ4n) is 1.70. The van der Waals surface area contributed by atoms with E-state index >= 15 is 0 Å². The lowest BCUT2D eigenvalue weighted by Gasteiger charge is -2.16. The first-order valence-electron chi connectivity index (χ1n) is 6.74. The van der Waals surface area contributed by atoms with Gasteiger partial charge in [0.1, 0.15) is 0 Å². The molecule has 0 aliphatic carbocycles. The molecule has 0 saturated carbocycles. The summed E-state index contributed by atoms with van der Waals surface area (Å²) in [6.07, 6.45) is 2.65. The molecule has 1 aromatic carbocycles. The molecular formula is C15H22Cl2IN3O. The van der Waals surface area contributed by atoms with Crippen LogP contribution in [0, 0.1) is 0 Å². The summed E-state index contributed by atoms with van der Waals surface area (Å²) in [5, 5.41) is 4.29. The Morgan fingerprint density at radius 2 is 2.18 bits per heavy atom. The highest BCUT2D eigenvalue weighted by Gasteiger charge is 2.10. The Kier molecular flexibility index (Phi) is 11.7. The van der Waals surface area contributed by atoms with E-state index in [1.165, 1.54) is 0 Å². The van der Waals surface area contributed by atoms with Gasteiger partial charge in [0.2, 0.25) is 0 Å². The summed E-state index contributed by atoms with van der Waals surface area (Å²) in [6, 6.07) is 5.31. The van der Waals surface area contributed by atoms with E-state index in [2.05, 4.69) is 16.9 Å². The van der Waals surface area contributed by atoms with Gasteiger partial charge in [-0.1, -0.05) is 35.3 Å². The lowest BCUT2D eigenvalue weighted by atomic mass is 10.1. The molecule has 0 aromatic heterocycles. The first-order chi connectivity index (χ1) is 10.0. The number of nitrogens with one attached hydrogen (secondary N) is 1. The average molecular weight is 458 g/mol. The summed E-state index contributed by atoms with van der Waals surface area (Å²) in [6.45, 7) is 7.28. The van der Waals surface area contributed by atoms with Gasteiger partial charge in [-0.2, -0.15) is 0 Å². The molecular weight excluding hydrogens is 436 g/mol. The molecule has 1 atom stereocenters. The number of nitrogens with two attached hydrogens (primary N) is 1. The highest BCUT2D eigenvalue weighted by molar-refractivity contribution is 14.0. The van der Waals surface area contributed by atoms with Gasteiger partial charge in [-0.05, 0) is 31.0 Å². The van der Waals surface area contributed by atoms with Crippen molar-refractivity contribution in [2.75, 3.05) is 19.8 Å². The second kappa shape index (κ2) is 12.0. The van der Waals surface area contributed by atoms with Gasteiger partial charge in [0, 0.05) is 10.0 Å². The van der Waals surface area contributed by atoms with E-state index in [0.717, 1.165) is 12.0 Å². The van der Waals surface area contributed by atoms with E-state index < -0.39 is 0 Å². The van der Waals surface area contributed by atoms with E-state index in [-0.39, 0.29) is 30.0 Å². The van der Waals surface area contributed by atoms with Crippen LogP contribution >= 0.6 is 47.2 Å². The highest BCUT2D eigenvalue weighted by atomic mass is 127. The maximum absolute atomic E-state index is 6.15. The van der Waals surface area contributed by atoms with Crippen molar-refractivity contribution in [2.45, 2.75) is 19.4 Å². The van der Waals surface area contributed by atoms with Crippen molar-refractivity contribution in [3.63, 3.8) is 0 Å². The number of ether oxygens (including phenoxy) is 1. The van der Waals surface area contributed by atoms with E-state index in [0.29, 0.717) is 35.8 Å². The molecule has 0 bridgehead atoms. The van der Waals surface area contributed by atoms with Crippen LogP contribution in [0.1, 0.15) is 24.9 Å². The summed E-state index contributed by atoms with van der Waals surface area (Å²) in [4.78, 5) is 4.20. The smallest absolute Gasteiger partial charge is 0.189 e. The van der Waals surface area contributed by atoms with Gasteiger partial charge in [0.15, 0.2) is 5.96 Å². The van der Waals surface area contributed by atoms with E-state index in [9.17, 15) is 0 Å². The topological polar surface area (TPSA) is 59.6 Å². The van der Waals surface area contributed by atoms with Gasteiger partial charge in [-0.25, -0.2) is 0 Å². The van der Waals surface area contributed by atoms with Crippen LogP contribution in [0.4, 0.5) is 0 Å². The average Bonchev–Trinajstić information content (AvgIpc) is 2.42. The van der Waals surface area contributed by atoms with Crippen LogP contribution in [0.5, 0.6) is 0 Å². The van der Waals surface area contributed by atoms with Gasteiger partial charge < -0.3 is 15.8 Å². The Hall–Kier alpha value is -0.500. The number of halogens is 3. The molecule has 0 spiro atoms. The molecule has 0 fully saturated rings. The van der Waals surface area contributed by atoms with Crippen molar-refractivity contribution in [2.24, 2.45) is 10.7 Å². The van der Waals surface area contributed by atoms with Gasteiger partial charge in [0.25, 0.3) is 0 Å². The predicted octanol–water partition coefficient (Wildman–Crippen LogP) is 4.17. The van der Waals surface area contributed by atoms with Crippen molar-refractivity contribution in [3.8, 4) is 0 Å². The quantitative estimate of drug-likeness (QED) is 0.202. The minimum atomic E-state index is -0.0554. The molecule has 1 unspecified atom stereocenters. The van der Waals surface area contributed by atoms with Crippen LogP contribution in [0.2, 0.25) is 10.0 Å². The Morgan fingerprint density at radius 1 is 1.45 bits per heavy atom. The van der Waals surface area contributed by atoms with Gasteiger partial charge in [-0.3, -0.25) is 4.99 Å². The van der Waals surface area contributed by atoms with Crippen LogP contribution in [0.15, 0.2) is 35.8 Å².